The number of rotatable bonds is 5. The Labute approximate surface area is 143 Å². The molecule has 1 fully saturated rings. The molecule has 1 aromatic rings. The van der Waals surface area contributed by atoms with Gasteiger partial charge in [-0.25, -0.2) is 12.8 Å². The van der Waals surface area contributed by atoms with Gasteiger partial charge >= 0.3 is 0 Å². The van der Waals surface area contributed by atoms with E-state index in [9.17, 15) is 12.8 Å². The van der Waals surface area contributed by atoms with Crippen LogP contribution in [0, 0.1) is 5.82 Å². The van der Waals surface area contributed by atoms with E-state index in [1.165, 1.54) is 12.1 Å². The van der Waals surface area contributed by atoms with Crippen LogP contribution in [-0.2, 0) is 16.3 Å². The number of nitrogens with zero attached hydrogens (tertiary/aromatic N) is 1. The first kappa shape index (κ1) is 17.2. The molecule has 1 N–H and O–H groups in total. The second-order valence-corrected chi connectivity index (χ2v) is 8.42. The van der Waals surface area contributed by atoms with Gasteiger partial charge in [0.05, 0.1) is 5.25 Å². The smallest absolute Gasteiger partial charge is 0.196 e. The molecule has 0 radical (unpaired) electrons. The van der Waals surface area contributed by atoms with E-state index in [2.05, 4.69) is 5.32 Å². The van der Waals surface area contributed by atoms with Crippen molar-refractivity contribution in [3.05, 3.63) is 58.9 Å². The quantitative estimate of drug-likeness (QED) is 0.885. The molecule has 130 valence electrons. The highest BCUT2D eigenvalue weighted by Gasteiger charge is 2.33. The topological polar surface area (TPSA) is 49.4 Å². The van der Waals surface area contributed by atoms with Crippen molar-refractivity contribution in [1.82, 2.24) is 10.2 Å². The largest absolute Gasteiger partial charge is 0.358 e. The third-order valence-electron chi connectivity index (χ3n) is 4.61. The zero-order valence-corrected chi connectivity index (χ0v) is 14.4. The lowest BCUT2D eigenvalue weighted by atomic mass is 10.1. The van der Waals surface area contributed by atoms with Crippen molar-refractivity contribution in [2.75, 3.05) is 26.2 Å². The van der Waals surface area contributed by atoms with Gasteiger partial charge in [-0.1, -0.05) is 24.3 Å². The van der Waals surface area contributed by atoms with Gasteiger partial charge < -0.3 is 10.2 Å². The monoisotopic (exact) mass is 350 g/mol. The number of benzene rings is 1. The molecule has 3 rings (SSSR count). The molecule has 2 aliphatic rings. The van der Waals surface area contributed by atoms with Gasteiger partial charge in [-0.2, -0.15) is 0 Å². The van der Waals surface area contributed by atoms with Gasteiger partial charge in [0.2, 0.25) is 0 Å². The Hall–Kier alpha value is -1.66. The zero-order chi connectivity index (χ0) is 17.0. The van der Waals surface area contributed by atoms with Crippen LogP contribution in [0.15, 0.2) is 47.5 Å². The van der Waals surface area contributed by atoms with Crippen molar-refractivity contribution >= 4 is 9.84 Å². The number of halogens is 1. The number of nitrogens with one attached hydrogen (secondary N) is 1. The molecular weight excluding hydrogens is 327 g/mol. The first-order valence-electron chi connectivity index (χ1n) is 8.38. The van der Waals surface area contributed by atoms with E-state index in [1.807, 2.05) is 17.1 Å². The Morgan fingerprint density at radius 2 is 1.88 bits per heavy atom. The Bertz CT molecular complexity index is 720. The molecule has 0 spiro atoms. The van der Waals surface area contributed by atoms with Crippen molar-refractivity contribution in [3.63, 3.8) is 0 Å². The summed E-state index contributed by atoms with van der Waals surface area (Å²) >= 11 is 0. The number of hydrogen-bond acceptors (Lipinski definition) is 4. The molecular formula is C18H23FN2O2S. The van der Waals surface area contributed by atoms with E-state index in [0.29, 0.717) is 37.4 Å². The number of allylic oxidation sites excluding steroid dienone is 2. The van der Waals surface area contributed by atoms with Crippen LogP contribution in [0.2, 0.25) is 0 Å². The fourth-order valence-electron chi connectivity index (χ4n) is 3.20. The van der Waals surface area contributed by atoms with E-state index in [1.54, 1.807) is 18.2 Å². The van der Waals surface area contributed by atoms with E-state index < -0.39 is 9.84 Å². The molecule has 0 unspecified atom stereocenters. The second-order valence-electron chi connectivity index (χ2n) is 6.25. The molecule has 0 bridgehead atoms. The molecule has 0 aliphatic carbocycles. The molecule has 0 aromatic heterocycles. The van der Waals surface area contributed by atoms with Crippen LogP contribution < -0.4 is 5.32 Å². The van der Waals surface area contributed by atoms with Gasteiger partial charge in [-0.05, 0) is 56.1 Å². The lowest BCUT2D eigenvalue weighted by molar-refractivity contribution is 0.393. The highest BCUT2D eigenvalue weighted by molar-refractivity contribution is 7.95. The minimum atomic E-state index is -3.31. The third kappa shape index (κ3) is 3.87. The summed E-state index contributed by atoms with van der Waals surface area (Å²) in [6, 6.07) is 6.38. The van der Waals surface area contributed by atoms with Crippen molar-refractivity contribution in [1.29, 1.82) is 0 Å². The van der Waals surface area contributed by atoms with Crippen LogP contribution in [-0.4, -0.2) is 44.7 Å². The minimum Gasteiger partial charge on any atom is -0.358 e. The summed E-state index contributed by atoms with van der Waals surface area (Å²) in [5.41, 5.74) is 1.00. The summed E-state index contributed by atoms with van der Waals surface area (Å²) in [6.07, 6.45) is 7.51. The van der Waals surface area contributed by atoms with Gasteiger partial charge in [-0.15, -0.1) is 0 Å². The van der Waals surface area contributed by atoms with Crippen LogP contribution in [0.5, 0.6) is 0 Å². The average molecular weight is 350 g/mol. The predicted octanol–water partition coefficient (Wildman–Crippen LogP) is 2.25. The summed E-state index contributed by atoms with van der Waals surface area (Å²) in [6.45, 7) is 2.70. The fourth-order valence-corrected chi connectivity index (χ4v) is 5.19. The van der Waals surface area contributed by atoms with Gasteiger partial charge in [0.1, 0.15) is 10.8 Å². The lowest BCUT2D eigenvalue weighted by Crippen LogP contribution is -2.40. The lowest BCUT2D eigenvalue weighted by Gasteiger charge is -2.32. The maximum Gasteiger partial charge on any atom is 0.196 e. The summed E-state index contributed by atoms with van der Waals surface area (Å²) in [5, 5.41) is 3.34. The third-order valence-corrected chi connectivity index (χ3v) is 6.94. The van der Waals surface area contributed by atoms with Gasteiger partial charge in [0.25, 0.3) is 0 Å². The highest BCUT2D eigenvalue weighted by atomic mass is 32.2. The normalized spacial score (nSPS) is 19.4. The van der Waals surface area contributed by atoms with E-state index in [4.69, 9.17) is 0 Å². The predicted molar refractivity (Wildman–Crippen MR) is 93.7 cm³/mol. The summed E-state index contributed by atoms with van der Waals surface area (Å²) in [4.78, 5) is 1.92. The van der Waals surface area contributed by atoms with Gasteiger partial charge in [0.15, 0.2) is 9.84 Å². The molecule has 2 aliphatic heterocycles. The van der Waals surface area contributed by atoms with Crippen molar-refractivity contribution in [3.8, 4) is 0 Å². The van der Waals surface area contributed by atoms with E-state index >= 15 is 0 Å². The SMILES string of the molecule is O=S(=O)(C1=CC=CCN1CCc1ccc(F)cc1)C1CCNCC1. The Kier molecular flexibility index (Phi) is 5.36. The summed E-state index contributed by atoms with van der Waals surface area (Å²) in [5.74, 6) is -0.256. The molecule has 0 saturated carbocycles. The minimum absolute atomic E-state index is 0.256. The van der Waals surface area contributed by atoms with Crippen LogP contribution in [0.3, 0.4) is 0 Å². The van der Waals surface area contributed by atoms with Gasteiger partial charge in [-0.3, -0.25) is 0 Å². The van der Waals surface area contributed by atoms with Gasteiger partial charge in [0, 0.05) is 13.1 Å². The van der Waals surface area contributed by atoms with E-state index in [0.717, 1.165) is 18.7 Å². The number of sulfone groups is 1. The number of hydrogen-bond donors (Lipinski definition) is 1. The Morgan fingerprint density at radius 3 is 2.58 bits per heavy atom. The van der Waals surface area contributed by atoms with Crippen LogP contribution in [0.1, 0.15) is 18.4 Å². The molecule has 1 saturated heterocycles. The fraction of sp³-hybridized carbons (Fsp3) is 0.444. The van der Waals surface area contributed by atoms with E-state index in [-0.39, 0.29) is 11.1 Å². The van der Waals surface area contributed by atoms with Crippen LogP contribution >= 0.6 is 0 Å². The Morgan fingerprint density at radius 1 is 1.17 bits per heavy atom. The molecule has 0 atom stereocenters. The first-order chi connectivity index (χ1) is 11.6. The molecule has 2 heterocycles. The zero-order valence-electron chi connectivity index (χ0n) is 13.6. The maximum absolute atomic E-state index is 13.0. The molecule has 4 nitrogen and oxygen atoms in total. The molecule has 24 heavy (non-hydrogen) atoms. The summed E-state index contributed by atoms with van der Waals surface area (Å²) in [7, 11) is -3.31. The van der Waals surface area contributed by atoms with Crippen LogP contribution in [0.25, 0.3) is 0 Å². The van der Waals surface area contributed by atoms with Crippen molar-refractivity contribution < 1.29 is 12.8 Å². The summed E-state index contributed by atoms with van der Waals surface area (Å²) < 4.78 is 39.0. The molecule has 6 heteroatoms. The standard InChI is InChI=1S/C18H23FN2O2S/c19-16-6-4-15(5-7-16)10-14-21-13-2-1-3-18(21)24(22,23)17-8-11-20-12-9-17/h1-7,17,20H,8-14H2. The number of piperidine rings is 1. The second kappa shape index (κ2) is 7.49. The highest BCUT2D eigenvalue weighted by Crippen LogP contribution is 2.26. The Balaban J connectivity index is 1.71. The molecule has 0 amide bonds. The maximum atomic E-state index is 13.0. The van der Waals surface area contributed by atoms with Crippen molar-refractivity contribution in [2.45, 2.75) is 24.5 Å². The van der Waals surface area contributed by atoms with Crippen LogP contribution in [0.4, 0.5) is 4.39 Å². The van der Waals surface area contributed by atoms with Crippen molar-refractivity contribution in [2.24, 2.45) is 0 Å². The first-order valence-corrected chi connectivity index (χ1v) is 9.93. The average Bonchev–Trinajstić information content (AvgIpc) is 2.62. The molecule has 1 aromatic carbocycles.